The molecule has 0 fully saturated rings. The molecule has 1 N–H and O–H groups in total. The van der Waals surface area contributed by atoms with Crippen LogP contribution in [-0.4, -0.2) is 14.8 Å². The molecule has 2 aliphatic rings. The van der Waals surface area contributed by atoms with Gasteiger partial charge in [0.1, 0.15) is 18.1 Å². The van der Waals surface area contributed by atoms with Crippen LogP contribution in [0.4, 0.5) is 5.95 Å². The Balaban J connectivity index is 1.66. The van der Waals surface area contributed by atoms with Gasteiger partial charge in [0.2, 0.25) is 5.95 Å². The normalized spacial score (nSPS) is 19.6. The highest BCUT2D eigenvalue weighted by molar-refractivity contribution is 7.10. The highest BCUT2D eigenvalue weighted by Gasteiger charge is 2.41. The number of nitrogens with zero attached hydrogens (tertiary/aromatic N) is 3. The molecule has 2 atom stereocenters. The van der Waals surface area contributed by atoms with Gasteiger partial charge in [-0.05, 0) is 41.6 Å². The molecule has 6 heteroatoms. The minimum absolute atomic E-state index is 0.0922. The maximum absolute atomic E-state index is 6.58. The van der Waals surface area contributed by atoms with E-state index in [4.69, 9.17) is 4.74 Å². The van der Waals surface area contributed by atoms with Crippen LogP contribution in [0.15, 0.2) is 77.9 Å². The number of hydrogen-bond acceptors (Lipinski definition) is 5. The number of aryl methyl sites for hydroxylation is 1. The number of ether oxygens (including phenoxy) is 1. The average Bonchev–Trinajstić information content (AvgIpc) is 3.44. The third-order valence-corrected chi connectivity index (χ3v) is 6.52. The Hall–Kier alpha value is -3.38. The van der Waals surface area contributed by atoms with Crippen LogP contribution in [0.5, 0.6) is 5.75 Å². The minimum Gasteiger partial charge on any atom is -0.480 e. The van der Waals surface area contributed by atoms with Crippen molar-refractivity contribution in [1.82, 2.24) is 14.8 Å². The van der Waals surface area contributed by atoms with Crippen molar-refractivity contribution < 1.29 is 4.74 Å². The summed E-state index contributed by atoms with van der Waals surface area (Å²) in [5, 5.41) is 10.2. The first-order valence-corrected chi connectivity index (χ1v) is 10.4. The van der Waals surface area contributed by atoms with Crippen molar-refractivity contribution >= 4 is 23.0 Å². The van der Waals surface area contributed by atoms with E-state index in [2.05, 4.69) is 70.2 Å². The Bertz CT molecular complexity index is 1240. The first kappa shape index (κ1) is 16.6. The van der Waals surface area contributed by atoms with Gasteiger partial charge in [-0.3, -0.25) is 0 Å². The standard InChI is InChI=1S/C23H18N4OS/c1-14-7-2-3-8-15(14)21-19-20(26-23-24-13-25-27(21)23)16-9-4-5-10-17(16)28-22(19)18-11-6-12-29-18/h2-13,21-22H,1H3,(H,24,25,26)/t21-,22+/m0/s1. The molecule has 4 heterocycles. The fourth-order valence-corrected chi connectivity index (χ4v) is 5.06. The zero-order valence-electron chi connectivity index (χ0n) is 15.7. The second-order valence-corrected chi connectivity index (χ2v) is 8.23. The molecular weight excluding hydrogens is 380 g/mol. The summed E-state index contributed by atoms with van der Waals surface area (Å²) < 4.78 is 8.55. The van der Waals surface area contributed by atoms with Crippen molar-refractivity contribution in [3.63, 3.8) is 0 Å². The summed E-state index contributed by atoms with van der Waals surface area (Å²) in [5.74, 6) is 1.63. The van der Waals surface area contributed by atoms with Gasteiger partial charge in [-0.1, -0.05) is 42.5 Å². The minimum atomic E-state index is -0.186. The molecule has 0 spiro atoms. The molecule has 142 valence electrons. The van der Waals surface area contributed by atoms with E-state index in [9.17, 15) is 0 Å². The summed E-state index contributed by atoms with van der Waals surface area (Å²) in [6, 6.07) is 20.8. The Morgan fingerprint density at radius 2 is 1.90 bits per heavy atom. The van der Waals surface area contributed by atoms with Crippen LogP contribution in [0, 0.1) is 6.92 Å². The molecule has 2 aromatic carbocycles. The quantitative estimate of drug-likeness (QED) is 0.504. The first-order valence-electron chi connectivity index (χ1n) is 9.57. The summed E-state index contributed by atoms with van der Waals surface area (Å²) in [7, 11) is 0. The summed E-state index contributed by atoms with van der Waals surface area (Å²) in [5.41, 5.74) is 5.72. The second-order valence-electron chi connectivity index (χ2n) is 7.25. The van der Waals surface area contributed by atoms with Gasteiger partial charge >= 0.3 is 0 Å². The molecule has 0 aliphatic carbocycles. The largest absolute Gasteiger partial charge is 0.480 e. The molecule has 0 radical (unpaired) electrons. The van der Waals surface area contributed by atoms with Crippen LogP contribution in [-0.2, 0) is 0 Å². The van der Waals surface area contributed by atoms with E-state index in [1.165, 1.54) is 21.6 Å². The third kappa shape index (κ3) is 2.46. The van der Waals surface area contributed by atoms with Crippen LogP contribution in [0.3, 0.4) is 0 Å². The van der Waals surface area contributed by atoms with Gasteiger partial charge in [-0.2, -0.15) is 10.1 Å². The number of nitrogens with one attached hydrogen (secondary N) is 1. The van der Waals surface area contributed by atoms with E-state index in [0.717, 1.165) is 23.0 Å². The number of anilines is 1. The van der Waals surface area contributed by atoms with Crippen LogP contribution >= 0.6 is 11.3 Å². The fraction of sp³-hybridized carbons (Fsp3) is 0.130. The SMILES string of the molecule is Cc1ccccc1[C@H]1C2=C(Nc3ncnn31)c1ccccc1O[C@@H]2c1cccs1. The molecular formula is C23H18N4OS. The average molecular weight is 398 g/mol. The van der Waals surface area contributed by atoms with Crippen molar-refractivity contribution in [1.29, 1.82) is 0 Å². The summed E-state index contributed by atoms with van der Waals surface area (Å²) in [6.07, 6.45) is 1.42. The lowest BCUT2D eigenvalue weighted by Crippen LogP contribution is -2.32. The van der Waals surface area contributed by atoms with Crippen molar-refractivity contribution in [2.24, 2.45) is 0 Å². The van der Waals surface area contributed by atoms with Crippen LogP contribution in [0.25, 0.3) is 5.70 Å². The monoisotopic (exact) mass is 398 g/mol. The number of rotatable bonds is 2. The van der Waals surface area contributed by atoms with Crippen LogP contribution in [0.1, 0.15) is 33.7 Å². The van der Waals surface area contributed by atoms with E-state index in [0.29, 0.717) is 0 Å². The van der Waals surface area contributed by atoms with Gasteiger partial charge in [0.15, 0.2) is 6.10 Å². The summed E-state index contributed by atoms with van der Waals surface area (Å²) >= 11 is 1.71. The van der Waals surface area contributed by atoms with E-state index in [1.54, 1.807) is 17.7 Å². The van der Waals surface area contributed by atoms with Crippen LogP contribution < -0.4 is 10.1 Å². The van der Waals surface area contributed by atoms with Crippen molar-refractivity contribution in [2.45, 2.75) is 19.1 Å². The van der Waals surface area contributed by atoms with Gasteiger partial charge < -0.3 is 10.1 Å². The number of aromatic nitrogens is 3. The van der Waals surface area contributed by atoms with E-state index >= 15 is 0 Å². The first-order chi connectivity index (χ1) is 14.3. The molecule has 2 aliphatic heterocycles. The molecule has 0 unspecified atom stereocenters. The lowest BCUT2D eigenvalue weighted by atomic mass is 9.85. The number of hydrogen-bond donors (Lipinski definition) is 1. The van der Waals surface area contributed by atoms with Gasteiger partial charge in [0, 0.05) is 16.0 Å². The molecule has 4 aromatic rings. The fourth-order valence-electron chi connectivity index (χ4n) is 4.29. The third-order valence-electron chi connectivity index (χ3n) is 5.61. The molecule has 5 nitrogen and oxygen atoms in total. The van der Waals surface area contributed by atoms with Crippen LogP contribution in [0.2, 0.25) is 0 Å². The number of thiophene rings is 1. The molecule has 6 rings (SSSR count). The Labute approximate surface area is 172 Å². The van der Waals surface area contributed by atoms with Crippen molar-refractivity contribution in [3.05, 3.63) is 99.5 Å². The number of fused-ring (bicyclic) bond motifs is 3. The van der Waals surface area contributed by atoms with Gasteiger partial charge in [-0.15, -0.1) is 11.3 Å². The molecule has 0 amide bonds. The van der Waals surface area contributed by atoms with Crippen molar-refractivity contribution in [2.75, 3.05) is 5.32 Å². The smallest absolute Gasteiger partial charge is 0.226 e. The summed E-state index contributed by atoms with van der Waals surface area (Å²) in [4.78, 5) is 5.66. The highest BCUT2D eigenvalue weighted by Crippen LogP contribution is 2.51. The molecule has 0 bridgehead atoms. The molecule has 29 heavy (non-hydrogen) atoms. The second kappa shape index (κ2) is 6.32. The predicted octanol–water partition coefficient (Wildman–Crippen LogP) is 5.21. The lowest BCUT2D eigenvalue weighted by Gasteiger charge is -2.38. The maximum Gasteiger partial charge on any atom is 0.226 e. The van der Waals surface area contributed by atoms with Gasteiger partial charge in [0.05, 0.1) is 5.70 Å². The topological polar surface area (TPSA) is 52.0 Å². The highest BCUT2D eigenvalue weighted by atomic mass is 32.1. The Morgan fingerprint density at radius 3 is 2.76 bits per heavy atom. The molecule has 0 saturated heterocycles. The zero-order valence-corrected chi connectivity index (χ0v) is 16.6. The van der Waals surface area contributed by atoms with Gasteiger partial charge in [0.25, 0.3) is 0 Å². The van der Waals surface area contributed by atoms with Gasteiger partial charge in [-0.25, -0.2) is 4.68 Å². The number of benzene rings is 2. The lowest BCUT2D eigenvalue weighted by molar-refractivity contribution is 0.226. The summed E-state index contributed by atoms with van der Waals surface area (Å²) in [6.45, 7) is 2.14. The molecule has 0 saturated carbocycles. The number of para-hydroxylation sites is 1. The van der Waals surface area contributed by atoms with E-state index < -0.39 is 0 Å². The van der Waals surface area contributed by atoms with Crippen molar-refractivity contribution in [3.8, 4) is 5.75 Å². The molecule has 2 aromatic heterocycles. The van der Waals surface area contributed by atoms with E-state index in [1.807, 2.05) is 22.9 Å². The Kier molecular flexibility index (Phi) is 3.61. The zero-order chi connectivity index (χ0) is 19.4. The maximum atomic E-state index is 6.58. The predicted molar refractivity (Wildman–Crippen MR) is 114 cm³/mol. The van der Waals surface area contributed by atoms with E-state index in [-0.39, 0.29) is 12.1 Å². The Morgan fingerprint density at radius 1 is 1.03 bits per heavy atom.